The molecule has 0 aliphatic carbocycles. The van der Waals surface area contributed by atoms with Gasteiger partial charge < -0.3 is 10.1 Å². The predicted octanol–water partition coefficient (Wildman–Crippen LogP) is -0.415. The van der Waals surface area contributed by atoms with Crippen LogP contribution >= 0.6 is 27.5 Å². The molecule has 0 amide bonds. The summed E-state index contributed by atoms with van der Waals surface area (Å²) >= 11 is 8.74. The Morgan fingerprint density at radius 2 is 2.33 bits per heavy atom. The topological polar surface area (TPSA) is 42.9 Å². The Hall–Kier alpha value is 1.16. The summed E-state index contributed by atoms with van der Waals surface area (Å²) in [6.07, 6.45) is 1.74. The predicted molar refractivity (Wildman–Crippen MR) is 49.5 cm³/mol. The molecule has 1 rings (SSSR count). The minimum Gasteiger partial charge on any atom is -0.619 e. The summed E-state index contributed by atoms with van der Waals surface area (Å²) in [4.78, 5) is 0. The fourth-order valence-corrected chi connectivity index (χ4v) is 1.30. The molecule has 1 heterocycles. The summed E-state index contributed by atoms with van der Waals surface area (Å²) in [5.74, 6) is 0. The largest absolute Gasteiger partial charge is 1.00 e. The molecule has 3 nitrogen and oxygen atoms in total. The van der Waals surface area contributed by atoms with E-state index in [4.69, 9.17) is 17.0 Å². The van der Waals surface area contributed by atoms with Crippen LogP contribution in [0.25, 0.3) is 5.43 Å². The first-order valence-corrected chi connectivity index (χ1v) is 4.04. The van der Waals surface area contributed by atoms with Gasteiger partial charge in [0.15, 0.2) is 0 Å². The fraction of sp³-hybridized carbons (Fsp3) is 0.167. The van der Waals surface area contributed by atoms with E-state index in [2.05, 4.69) is 21.4 Å². The van der Waals surface area contributed by atoms with E-state index in [0.717, 1.165) is 4.47 Å². The number of hydrogen-bond donors (Lipinski definition) is 1. The van der Waals surface area contributed by atoms with E-state index in [1.165, 1.54) is 0 Å². The van der Waals surface area contributed by atoms with Crippen molar-refractivity contribution < 1.29 is 51.4 Å². The number of nitrogens with one attached hydrogen (secondary N) is 1. The number of aromatic nitrogens is 1. The van der Waals surface area contributed by atoms with Crippen LogP contribution in [-0.2, 0) is 0 Å². The zero-order chi connectivity index (χ0) is 8.43. The van der Waals surface area contributed by atoms with Gasteiger partial charge in [-0.15, -0.1) is 7.05 Å². The van der Waals surface area contributed by atoms with Gasteiger partial charge in [-0.25, -0.2) is 0 Å². The second-order valence-electron chi connectivity index (χ2n) is 1.90. The Bertz CT molecular complexity index is 286. The maximum Gasteiger partial charge on any atom is 1.00 e. The first-order valence-electron chi connectivity index (χ1n) is 2.87. The van der Waals surface area contributed by atoms with Crippen LogP contribution in [0, 0.1) is 5.41 Å². The molecular formula is C6H6BrClKN3. The quantitative estimate of drug-likeness (QED) is 0.563. The van der Waals surface area contributed by atoms with E-state index in [0.29, 0.717) is 5.69 Å². The summed E-state index contributed by atoms with van der Waals surface area (Å²) in [7, 11) is 1.63. The van der Waals surface area contributed by atoms with Crippen molar-refractivity contribution >= 4 is 32.7 Å². The Labute approximate surface area is 127 Å². The maximum absolute atomic E-state index is 7.16. The van der Waals surface area contributed by atoms with Crippen LogP contribution in [0.3, 0.4) is 0 Å². The average Bonchev–Trinajstić information content (AvgIpc) is 2.30. The zero-order valence-corrected chi connectivity index (χ0v) is 12.3. The van der Waals surface area contributed by atoms with E-state index < -0.39 is 0 Å². The molecular weight excluding hydrogens is 269 g/mol. The van der Waals surface area contributed by atoms with Crippen molar-refractivity contribution in [2.75, 3.05) is 7.05 Å². The van der Waals surface area contributed by atoms with Crippen molar-refractivity contribution in [3.8, 4) is 0 Å². The first-order chi connectivity index (χ1) is 5.15. The number of rotatable bonds is 2. The van der Waals surface area contributed by atoms with Crippen molar-refractivity contribution in [1.82, 2.24) is 4.68 Å². The molecule has 60 valence electrons. The van der Waals surface area contributed by atoms with Gasteiger partial charge >= 0.3 is 51.4 Å². The zero-order valence-electron chi connectivity index (χ0n) is 6.81. The maximum atomic E-state index is 7.16. The number of halogens is 2. The second kappa shape index (κ2) is 5.80. The van der Waals surface area contributed by atoms with Crippen molar-refractivity contribution in [3.63, 3.8) is 0 Å². The minimum absolute atomic E-state index is 0. The SMILES string of the molecule is C[N-]n1cc(Br)cc1C(=N)Cl.[K+]. The third-order valence-electron chi connectivity index (χ3n) is 1.21. The molecule has 0 fully saturated rings. The molecule has 1 N–H and O–H groups in total. The Kier molecular flexibility index (Phi) is 6.36. The average molecular weight is 275 g/mol. The van der Waals surface area contributed by atoms with E-state index in [1.807, 2.05) is 0 Å². The van der Waals surface area contributed by atoms with E-state index in [-0.39, 0.29) is 56.6 Å². The molecule has 0 aromatic carbocycles. The summed E-state index contributed by atoms with van der Waals surface area (Å²) < 4.78 is 2.41. The molecule has 0 unspecified atom stereocenters. The van der Waals surface area contributed by atoms with Crippen LogP contribution in [0.1, 0.15) is 5.69 Å². The molecule has 0 saturated carbocycles. The second-order valence-corrected chi connectivity index (χ2v) is 3.20. The fourth-order valence-electron chi connectivity index (χ4n) is 0.750. The summed E-state index contributed by atoms with van der Waals surface area (Å²) in [5, 5.41) is 7.14. The van der Waals surface area contributed by atoms with Crippen LogP contribution in [0.4, 0.5) is 0 Å². The molecule has 0 aliphatic rings. The van der Waals surface area contributed by atoms with Crippen LogP contribution in [0.2, 0.25) is 0 Å². The van der Waals surface area contributed by atoms with E-state index in [1.54, 1.807) is 24.0 Å². The van der Waals surface area contributed by atoms with Crippen molar-refractivity contribution in [2.24, 2.45) is 0 Å². The van der Waals surface area contributed by atoms with Crippen LogP contribution in [-0.4, -0.2) is 16.9 Å². The Morgan fingerprint density at radius 3 is 2.67 bits per heavy atom. The molecule has 0 atom stereocenters. The Morgan fingerprint density at radius 1 is 1.75 bits per heavy atom. The summed E-state index contributed by atoms with van der Waals surface area (Å²) in [5.41, 5.74) is 4.46. The Balaban J connectivity index is 0.00000121. The van der Waals surface area contributed by atoms with E-state index in [9.17, 15) is 0 Å². The molecule has 0 radical (unpaired) electrons. The third kappa shape index (κ3) is 3.14. The number of nitrogens with zero attached hydrogens (tertiary/aromatic N) is 2. The van der Waals surface area contributed by atoms with Gasteiger partial charge in [0, 0.05) is 10.7 Å². The minimum atomic E-state index is -0.0127. The van der Waals surface area contributed by atoms with Crippen molar-refractivity contribution in [3.05, 3.63) is 27.9 Å². The molecule has 6 heteroatoms. The van der Waals surface area contributed by atoms with Gasteiger partial charge in [-0.2, -0.15) is 0 Å². The third-order valence-corrected chi connectivity index (χ3v) is 1.83. The summed E-state index contributed by atoms with van der Waals surface area (Å²) in [6, 6.07) is 1.74. The molecule has 0 aliphatic heterocycles. The molecule has 0 spiro atoms. The molecule has 12 heavy (non-hydrogen) atoms. The summed E-state index contributed by atoms with van der Waals surface area (Å²) in [6.45, 7) is 0. The van der Waals surface area contributed by atoms with Gasteiger partial charge in [-0.1, -0.05) is 11.6 Å². The van der Waals surface area contributed by atoms with Crippen LogP contribution < -0.4 is 51.4 Å². The van der Waals surface area contributed by atoms with Crippen LogP contribution in [0.5, 0.6) is 0 Å². The molecule has 0 bridgehead atoms. The van der Waals surface area contributed by atoms with Crippen LogP contribution in [0.15, 0.2) is 16.7 Å². The van der Waals surface area contributed by atoms with E-state index >= 15 is 0 Å². The molecule has 1 aromatic rings. The van der Waals surface area contributed by atoms with Gasteiger partial charge in [-0.05, 0) is 22.0 Å². The van der Waals surface area contributed by atoms with Gasteiger partial charge in [0.2, 0.25) is 0 Å². The normalized spacial score (nSPS) is 8.92. The van der Waals surface area contributed by atoms with Gasteiger partial charge in [0.25, 0.3) is 0 Å². The molecule has 1 aromatic heterocycles. The van der Waals surface area contributed by atoms with Gasteiger partial charge in [0.1, 0.15) is 5.17 Å². The van der Waals surface area contributed by atoms with Gasteiger partial charge in [-0.3, -0.25) is 5.41 Å². The van der Waals surface area contributed by atoms with Crippen molar-refractivity contribution in [2.45, 2.75) is 0 Å². The smallest absolute Gasteiger partial charge is 0.619 e. The first kappa shape index (κ1) is 13.2. The molecule has 0 saturated heterocycles. The van der Waals surface area contributed by atoms with Crippen molar-refractivity contribution in [1.29, 1.82) is 5.41 Å². The van der Waals surface area contributed by atoms with Gasteiger partial charge in [0.05, 0.1) is 5.69 Å². The standard InChI is InChI=1S/C6H6BrClN3.K/c1-10-11-3-4(7)2-5(11)6(8)9;/h2-3,9H,1H3;/q-1;+1. The number of hydrogen-bond acceptors (Lipinski definition) is 1. The monoisotopic (exact) mass is 273 g/mol.